The Morgan fingerprint density at radius 2 is 2.00 bits per heavy atom. The first kappa shape index (κ1) is 20.7. The van der Waals surface area contributed by atoms with Gasteiger partial charge in [-0.1, -0.05) is 25.4 Å². The Morgan fingerprint density at radius 3 is 2.67 bits per heavy atom. The van der Waals surface area contributed by atoms with Crippen LogP contribution in [0.4, 0.5) is 5.13 Å². The number of nitrogens with one attached hydrogen (secondary N) is 3. The highest BCUT2D eigenvalue weighted by Gasteiger charge is 2.15. The molecule has 144 valence electrons. The zero-order valence-corrected chi connectivity index (χ0v) is 16.5. The van der Waals surface area contributed by atoms with Gasteiger partial charge in [-0.25, -0.2) is 4.98 Å². The molecule has 0 aliphatic heterocycles. The van der Waals surface area contributed by atoms with Crippen LogP contribution in [0, 0.1) is 5.92 Å². The highest BCUT2D eigenvalue weighted by molar-refractivity contribution is 7.13. The van der Waals surface area contributed by atoms with E-state index in [0.717, 1.165) is 0 Å². The number of thiazole rings is 1. The number of benzene rings is 1. The van der Waals surface area contributed by atoms with Gasteiger partial charge in [0.1, 0.15) is 5.75 Å². The molecule has 0 aliphatic carbocycles. The number of methoxy groups -OCH3 is 1. The number of rotatable bonds is 6. The minimum absolute atomic E-state index is 0.0495. The Morgan fingerprint density at radius 1 is 1.26 bits per heavy atom. The maximum absolute atomic E-state index is 12.2. The molecule has 3 N–H and O–H groups in total. The third-order valence-corrected chi connectivity index (χ3v) is 4.41. The fourth-order valence-corrected chi connectivity index (χ4v) is 2.83. The molecule has 1 aromatic carbocycles. The Balaban J connectivity index is 1.89. The summed E-state index contributed by atoms with van der Waals surface area (Å²) in [6.07, 6.45) is -0.0495. The Hall–Kier alpha value is -2.65. The summed E-state index contributed by atoms with van der Waals surface area (Å²) < 4.78 is 5.10. The number of halogens is 1. The van der Waals surface area contributed by atoms with Crippen LogP contribution in [0.3, 0.4) is 0 Å². The van der Waals surface area contributed by atoms with Crippen molar-refractivity contribution in [2.45, 2.75) is 20.3 Å². The average Bonchev–Trinajstić information content (AvgIpc) is 3.06. The number of anilines is 1. The van der Waals surface area contributed by atoms with Crippen LogP contribution in [0.2, 0.25) is 5.02 Å². The number of ether oxygens (including phenoxy) is 1. The zero-order chi connectivity index (χ0) is 20.0. The van der Waals surface area contributed by atoms with Crippen molar-refractivity contribution in [1.82, 2.24) is 15.8 Å². The molecule has 8 nitrogen and oxygen atoms in total. The van der Waals surface area contributed by atoms with Crippen molar-refractivity contribution in [3.63, 3.8) is 0 Å². The highest BCUT2D eigenvalue weighted by Crippen LogP contribution is 2.22. The molecule has 0 bridgehead atoms. The van der Waals surface area contributed by atoms with Gasteiger partial charge in [-0.15, -0.1) is 11.3 Å². The topological polar surface area (TPSA) is 109 Å². The zero-order valence-electron chi connectivity index (χ0n) is 15.0. The summed E-state index contributed by atoms with van der Waals surface area (Å²) in [5.41, 5.74) is 5.34. The van der Waals surface area contributed by atoms with Crippen molar-refractivity contribution in [2.75, 3.05) is 12.4 Å². The molecular formula is C17H19ClN4O4S. The van der Waals surface area contributed by atoms with E-state index in [4.69, 9.17) is 16.3 Å². The smallest absolute Gasteiger partial charge is 0.273 e. The summed E-state index contributed by atoms with van der Waals surface area (Å²) in [6.45, 7) is 3.55. The standard InChI is InChI=1S/C17H19ClN4O4S/c1-9(2)15(24)20-17-19-11(8-27-17)7-14(23)21-22-16(25)12-5-4-10(18)6-13(12)26-3/h4-6,8-9H,7H2,1-3H3,(H,21,23)(H,22,25)(H,19,20,24). The summed E-state index contributed by atoms with van der Waals surface area (Å²) in [4.78, 5) is 40.0. The van der Waals surface area contributed by atoms with Crippen LogP contribution in [0.5, 0.6) is 5.75 Å². The van der Waals surface area contributed by atoms with Crippen LogP contribution in [0.1, 0.15) is 29.9 Å². The second kappa shape index (κ2) is 9.33. The van der Waals surface area contributed by atoms with E-state index in [1.165, 1.54) is 30.6 Å². The van der Waals surface area contributed by atoms with E-state index < -0.39 is 11.8 Å². The van der Waals surface area contributed by atoms with Crippen molar-refractivity contribution >= 4 is 45.8 Å². The lowest BCUT2D eigenvalue weighted by molar-refractivity contribution is -0.121. The van der Waals surface area contributed by atoms with Gasteiger partial charge in [0.2, 0.25) is 11.8 Å². The van der Waals surface area contributed by atoms with E-state index >= 15 is 0 Å². The maximum atomic E-state index is 12.2. The summed E-state index contributed by atoms with van der Waals surface area (Å²) >= 11 is 7.08. The second-order valence-corrected chi connectivity index (χ2v) is 7.11. The number of aromatic nitrogens is 1. The molecule has 1 aromatic heterocycles. The molecule has 0 saturated carbocycles. The first-order chi connectivity index (χ1) is 12.8. The van der Waals surface area contributed by atoms with E-state index in [1.807, 2.05) is 0 Å². The molecule has 2 rings (SSSR count). The molecule has 0 fully saturated rings. The molecule has 1 heterocycles. The van der Waals surface area contributed by atoms with Crippen molar-refractivity contribution in [2.24, 2.45) is 5.92 Å². The Kier molecular flexibility index (Phi) is 7.14. The molecule has 0 spiro atoms. The normalized spacial score (nSPS) is 10.4. The number of hydrogen-bond acceptors (Lipinski definition) is 6. The van der Waals surface area contributed by atoms with Gasteiger partial charge in [0, 0.05) is 16.3 Å². The maximum Gasteiger partial charge on any atom is 0.273 e. The van der Waals surface area contributed by atoms with Crippen LogP contribution in [0.25, 0.3) is 0 Å². The van der Waals surface area contributed by atoms with Gasteiger partial charge < -0.3 is 10.1 Å². The van der Waals surface area contributed by atoms with Crippen LogP contribution >= 0.6 is 22.9 Å². The number of hydrazine groups is 1. The van der Waals surface area contributed by atoms with Gasteiger partial charge in [0.05, 0.1) is 24.8 Å². The van der Waals surface area contributed by atoms with Gasteiger partial charge in [0.25, 0.3) is 5.91 Å². The van der Waals surface area contributed by atoms with E-state index in [2.05, 4.69) is 21.2 Å². The minimum atomic E-state index is -0.542. The molecule has 0 aliphatic rings. The van der Waals surface area contributed by atoms with Crippen LogP contribution in [-0.2, 0) is 16.0 Å². The third-order valence-electron chi connectivity index (χ3n) is 3.37. The van der Waals surface area contributed by atoms with Crippen molar-refractivity contribution in [1.29, 1.82) is 0 Å². The first-order valence-electron chi connectivity index (χ1n) is 7.98. The molecule has 0 atom stereocenters. The van der Waals surface area contributed by atoms with Gasteiger partial charge in [-0.05, 0) is 18.2 Å². The number of carbonyl (C=O) groups excluding carboxylic acids is 3. The number of hydrogen-bond donors (Lipinski definition) is 3. The Bertz CT molecular complexity index is 853. The van der Waals surface area contributed by atoms with Gasteiger partial charge in [-0.3, -0.25) is 25.2 Å². The molecule has 0 saturated heterocycles. The lowest BCUT2D eigenvalue weighted by Crippen LogP contribution is -2.42. The second-order valence-electron chi connectivity index (χ2n) is 5.81. The van der Waals surface area contributed by atoms with Crippen LogP contribution in [-0.4, -0.2) is 29.8 Å². The molecule has 0 radical (unpaired) electrons. The fraction of sp³-hybridized carbons (Fsp3) is 0.294. The predicted molar refractivity (Wildman–Crippen MR) is 103 cm³/mol. The van der Waals surface area contributed by atoms with E-state index in [9.17, 15) is 14.4 Å². The largest absolute Gasteiger partial charge is 0.496 e. The molecular weight excluding hydrogens is 392 g/mol. The molecule has 27 heavy (non-hydrogen) atoms. The lowest BCUT2D eigenvalue weighted by atomic mass is 10.2. The molecule has 3 amide bonds. The lowest BCUT2D eigenvalue weighted by Gasteiger charge is -2.10. The molecule has 10 heteroatoms. The number of amides is 3. The van der Waals surface area contributed by atoms with Crippen molar-refractivity contribution in [3.8, 4) is 5.75 Å². The van der Waals surface area contributed by atoms with E-state index in [1.54, 1.807) is 25.3 Å². The summed E-state index contributed by atoms with van der Waals surface area (Å²) in [7, 11) is 1.42. The SMILES string of the molecule is COc1cc(Cl)ccc1C(=O)NNC(=O)Cc1csc(NC(=O)C(C)C)n1. The van der Waals surface area contributed by atoms with Crippen molar-refractivity contribution < 1.29 is 19.1 Å². The summed E-state index contributed by atoms with van der Waals surface area (Å²) in [5.74, 6) is -1.02. The van der Waals surface area contributed by atoms with Gasteiger partial charge in [0.15, 0.2) is 5.13 Å². The van der Waals surface area contributed by atoms with Gasteiger partial charge in [-0.2, -0.15) is 0 Å². The van der Waals surface area contributed by atoms with Crippen LogP contribution in [0.15, 0.2) is 23.6 Å². The predicted octanol–water partition coefficient (Wildman–Crippen LogP) is 2.40. The van der Waals surface area contributed by atoms with E-state index in [0.29, 0.717) is 21.6 Å². The first-order valence-corrected chi connectivity index (χ1v) is 9.24. The summed E-state index contributed by atoms with van der Waals surface area (Å²) in [6, 6.07) is 4.54. The molecule has 2 aromatic rings. The quantitative estimate of drug-likeness (QED) is 0.633. The minimum Gasteiger partial charge on any atom is -0.496 e. The summed E-state index contributed by atoms with van der Waals surface area (Å²) in [5, 5.41) is 5.18. The third kappa shape index (κ3) is 5.93. The van der Waals surface area contributed by atoms with Gasteiger partial charge >= 0.3 is 0 Å². The number of nitrogens with zero attached hydrogens (tertiary/aromatic N) is 1. The monoisotopic (exact) mass is 410 g/mol. The fourth-order valence-electron chi connectivity index (χ4n) is 1.95. The highest BCUT2D eigenvalue weighted by atomic mass is 35.5. The van der Waals surface area contributed by atoms with Crippen LogP contribution < -0.4 is 20.9 Å². The average molecular weight is 411 g/mol. The Labute approximate surface area is 165 Å². The van der Waals surface area contributed by atoms with E-state index in [-0.39, 0.29) is 23.8 Å². The number of carbonyl (C=O) groups is 3. The molecule has 0 unspecified atom stereocenters. The van der Waals surface area contributed by atoms with Crippen molar-refractivity contribution in [3.05, 3.63) is 39.9 Å².